The van der Waals surface area contributed by atoms with Crippen molar-refractivity contribution in [1.29, 1.82) is 0 Å². The first-order valence-electron chi connectivity index (χ1n) is 6.28. The van der Waals surface area contributed by atoms with Crippen LogP contribution in [0.3, 0.4) is 0 Å². The molecular formula is C14H26N2O. The topological polar surface area (TPSA) is 37.2 Å². The molecule has 1 aromatic heterocycles. The zero-order valence-electron chi connectivity index (χ0n) is 11.7. The van der Waals surface area contributed by atoms with Crippen LogP contribution in [0.1, 0.15) is 46.6 Å². The third kappa shape index (κ3) is 6.49. The molecule has 0 saturated heterocycles. The highest BCUT2D eigenvalue weighted by molar-refractivity contribution is 5.10. The van der Waals surface area contributed by atoms with E-state index >= 15 is 0 Å². The maximum atomic E-state index is 9.67. The molecular weight excluding hydrogens is 212 g/mol. The summed E-state index contributed by atoms with van der Waals surface area (Å²) in [5.74, 6) is 0. The van der Waals surface area contributed by atoms with E-state index in [0.717, 1.165) is 19.5 Å². The number of rotatable bonds is 5. The summed E-state index contributed by atoms with van der Waals surface area (Å²) in [5, 5.41) is 13.1. The van der Waals surface area contributed by atoms with E-state index in [1.165, 1.54) is 5.56 Å². The van der Waals surface area contributed by atoms with Crippen LogP contribution < -0.4 is 5.32 Å². The SMILES string of the molecule is CC(C)(O)CCn1ccc(CNC(C)(C)C)c1. The molecule has 1 heterocycles. The van der Waals surface area contributed by atoms with Gasteiger partial charge in [0.1, 0.15) is 0 Å². The maximum absolute atomic E-state index is 9.67. The van der Waals surface area contributed by atoms with Crippen molar-refractivity contribution in [1.82, 2.24) is 9.88 Å². The molecule has 0 radical (unpaired) electrons. The summed E-state index contributed by atoms with van der Waals surface area (Å²) in [6, 6.07) is 2.13. The number of hydrogen-bond donors (Lipinski definition) is 2. The van der Waals surface area contributed by atoms with Gasteiger partial charge in [0.15, 0.2) is 0 Å². The van der Waals surface area contributed by atoms with E-state index in [4.69, 9.17) is 0 Å². The summed E-state index contributed by atoms with van der Waals surface area (Å²) in [6.45, 7) is 11.9. The number of nitrogens with zero attached hydrogens (tertiary/aromatic N) is 1. The third-order valence-corrected chi connectivity index (χ3v) is 2.62. The molecule has 1 aromatic rings. The van der Waals surface area contributed by atoms with Gasteiger partial charge in [-0.05, 0) is 52.7 Å². The lowest BCUT2D eigenvalue weighted by molar-refractivity contribution is 0.0662. The van der Waals surface area contributed by atoms with Crippen LogP contribution in [0.2, 0.25) is 0 Å². The first kappa shape index (κ1) is 14.3. The fraction of sp³-hybridized carbons (Fsp3) is 0.714. The number of aliphatic hydroxyl groups is 1. The standard InChI is InChI=1S/C14H26N2O/c1-13(2,3)15-10-12-6-8-16(11-12)9-7-14(4,5)17/h6,8,11,15,17H,7,9-10H2,1-5H3. The monoisotopic (exact) mass is 238 g/mol. The molecule has 1 rings (SSSR count). The minimum Gasteiger partial charge on any atom is -0.390 e. The fourth-order valence-corrected chi connectivity index (χ4v) is 1.50. The second-order valence-electron chi connectivity index (χ2n) is 6.42. The van der Waals surface area contributed by atoms with Crippen molar-refractivity contribution in [2.24, 2.45) is 0 Å². The van der Waals surface area contributed by atoms with Gasteiger partial charge in [0.2, 0.25) is 0 Å². The van der Waals surface area contributed by atoms with Crippen molar-refractivity contribution >= 4 is 0 Å². The third-order valence-electron chi connectivity index (χ3n) is 2.62. The number of hydrogen-bond acceptors (Lipinski definition) is 2. The van der Waals surface area contributed by atoms with Gasteiger partial charge >= 0.3 is 0 Å². The number of aryl methyl sites for hydroxylation is 1. The van der Waals surface area contributed by atoms with E-state index in [2.05, 4.69) is 49.1 Å². The Kier molecular flexibility index (Phi) is 4.39. The molecule has 0 fully saturated rings. The van der Waals surface area contributed by atoms with Crippen LogP contribution in [-0.4, -0.2) is 20.8 Å². The highest BCUT2D eigenvalue weighted by Crippen LogP contribution is 2.11. The Morgan fingerprint density at radius 3 is 2.41 bits per heavy atom. The van der Waals surface area contributed by atoms with Gasteiger partial charge in [-0.1, -0.05) is 0 Å². The largest absolute Gasteiger partial charge is 0.390 e. The zero-order valence-corrected chi connectivity index (χ0v) is 11.7. The van der Waals surface area contributed by atoms with Gasteiger partial charge in [-0.25, -0.2) is 0 Å². The Bertz CT molecular complexity index is 309. The predicted molar refractivity (Wildman–Crippen MR) is 71.9 cm³/mol. The van der Waals surface area contributed by atoms with Gasteiger partial charge in [-0.3, -0.25) is 0 Å². The minimum absolute atomic E-state index is 0.148. The van der Waals surface area contributed by atoms with Crippen molar-refractivity contribution in [3.8, 4) is 0 Å². The highest BCUT2D eigenvalue weighted by atomic mass is 16.3. The molecule has 3 nitrogen and oxygen atoms in total. The van der Waals surface area contributed by atoms with Crippen LogP contribution in [0, 0.1) is 0 Å². The van der Waals surface area contributed by atoms with Crippen LogP contribution in [-0.2, 0) is 13.1 Å². The van der Waals surface area contributed by atoms with Crippen LogP contribution in [0.15, 0.2) is 18.5 Å². The van der Waals surface area contributed by atoms with Crippen molar-refractivity contribution in [3.05, 3.63) is 24.0 Å². The van der Waals surface area contributed by atoms with Crippen LogP contribution in [0.4, 0.5) is 0 Å². The molecule has 2 N–H and O–H groups in total. The molecule has 0 aliphatic rings. The molecule has 0 saturated carbocycles. The molecule has 17 heavy (non-hydrogen) atoms. The lowest BCUT2D eigenvalue weighted by Crippen LogP contribution is -2.34. The Labute approximate surface area is 105 Å². The average molecular weight is 238 g/mol. The minimum atomic E-state index is -0.589. The van der Waals surface area contributed by atoms with E-state index in [-0.39, 0.29) is 5.54 Å². The first-order valence-corrected chi connectivity index (χ1v) is 6.28. The van der Waals surface area contributed by atoms with Crippen LogP contribution >= 0.6 is 0 Å². The molecule has 0 atom stereocenters. The Morgan fingerprint density at radius 2 is 1.88 bits per heavy atom. The highest BCUT2D eigenvalue weighted by Gasteiger charge is 2.12. The smallest absolute Gasteiger partial charge is 0.0608 e. The second kappa shape index (κ2) is 5.23. The molecule has 0 aliphatic heterocycles. The molecule has 0 amide bonds. The number of aromatic nitrogens is 1. The molecule has 0 aliphatic carbocycles. The van der Waals surface area contributed by atoms with Crippen molar-refractivity contribution in [2.75, 3.05) is 0 Å². The fourth-order valence-electron chi connectivity index (χ4n) is 1.50. The summed E-state index contributed by atoms with van der Waals surface area (Å²) < 4.78 is 2.14. The van der Waals surface area contributed by atoms with Gasteiger partial charge in [-0.15, -0.1) is 0 Å². The van der Waals surface area contributed by atoms with E-state index in [1.807, 2.05) is 13.8 Å². The summed E-state index contributed by atoms with van der Waals surface area (Å²) in [5.41, 5.74) is 0.846. The Balaban J connectivity index is 2.43. The normalized spacial score (nSPS) is 13.1. The maximum Gasteiger partial charge on any atom is 0.0608 e. The second-order valence-corrected chi connectivity index (χ2v) is 6.42. The molecule has 0 unspecified atom stereocenters. The summed E-state index contributed by atoms with van der Waals surface area (Å²) >= 11 is 0. The van der Waals surface area contributed by atoms with Gasteiger partial charge in [0, 0.05) is 31.0 Å². The summed E-state index contributed by atoms with van der Waals surface area (Å²) in [4.78, 5) is 0. The first-order chi connectivity index (χ1) is 7.66. The summed E-state index contributed by atoms with van der Waals surface area (Å²) in [7, 11) is 0. The lowest BCUT2D eigenvalue weighted by Gasteiger charge is -2.20. The van der Waals surface area contributed by atoms with Gasteiger partial charge in [0.25, 0.3) is 0 Å². The molecule has 0 aromatic carbocycles. The summed E-state index contributed by atoms with van der Waals surface area (Å²) in [6.07, 6.45) is 4.99. The van der Waals surface area contributed by atoms with Crippen molar-refractivity contribution in [2.45, 2.75) is 65.3 Å². The van der Waals surface area contributed by atoms with Crippen LogP contribution in [0.25, 0.3) is 0 Å². The zero-order chi connectivity index (χ0) is 13.1. The van der Waals surface area contributed by atoms with E-state index in [0.29, 0.717) is 0 Å². The van der Waals surface area contributed by atoms with Crippen LogP contribution in [0.5, 0.6) is 0 Å². The quantitative estimate of drug-likeness (QED) is 0.827. The molecule has 3 heteroatoms. The predicted octanol–water partition coefficient (Wildman–Crippen LogP) is 2.54. The Hall–Kier alpha value is -0.800. The van der Waals surface area contributed by atoms with Gasteiger partial charge in [0.05, 0.1) is 5.60 Å². The molecule has 98 valence electrons. The van der Waals surface area contributed by atoms with Gasteiger partial charge < -0.3 is 15.0 Å². The Morgan fingerprint density at radius 1 is 1.24 bits per heavy atom. The van der Waals surface area contributed by atoms with Crippen molar-refractivity contribution < 1.29 is 5.11 Å². The van der Waals surface area contributed by atoms with E-state index < -0.39 is 5.60 Å². The van der Waals surface area contributed by atoms with E-state index in [1.54, 1.807) is 0 Å². The molecule has 0 bridgehead atoms. The van der Waals surface area contributed by atoms with Crippen molar-refractivity contribution in [3.63, 3.8) is 0 Å². The molecule has 0 spiro atoms. The average Bonchev–Trinajstić information content (AvgIpc) is 2.57. The number of nitrogens with one attached hydrogen (secondary N) is 1. The lowest BCUT2D eigenvalue weighted by atomic mass is 10.1. The van der Waals surface area contributed by atoms with Gasteiger partial charge in [-0.2, -0.15) is 0 Å². The van der Waals surface area contributed by atoms with E-state index in [9.17, 15) is 5.11 Å².